The van der Waals surface area contributed by atoms with Crippen molar-refractivity contribution in [3.05, 3.63) is 28.8 Å². The van der Waals surface area contributed by atoms with Crippen molar-refractivity contribution >= 4 is 17.3 Å². The highest BCUT2D eigenvalue weighted by Crippen LogP contribution is 2.33. The van der Waals surface area contributed by atoms with E-state index < -0.39 is 0 Å². The molecule has 1 fully saturated rings. The van der Waals surface area contributed by atoms with E-state index in [2.05, 4.69) is 37.1 Å². The average molecular weight is 311 g/mol. The monoisotopic (exact) mass is 310 g/mol. The molecule has 1 saturated heterocycles. The van der Waals surface area contributed by atoms with Crippen molar-refractivity contribution in [1.29, 1.82) is 0 Å². The predicted octanol–water partition coefficient (Wildman–Crippen LogP) is 3.29. The van der Waals surface area contributed by atoms with Crippen molar-refractivity contribution in [3.63, 3.8) is 0 Å². The van der Waals surface area contributed by atoms with Crippen LogP contribution in [0.25, 0.3) is 0 Å². The number of hydrogen-bond acceptors (Lipinski definition) is 3. The van der Waals surface area contributed by atoms with E-state index in [1.165, 1.54) is 11.3 Å². The number of anilines is 1. The summed E-state index contributed by atoms with van der Waals surface area (Å²) in [5.74, 6) is 1.16. The summed E-state index contributed by atoms with van der Waals surface area (Å²) < 4.78 is 0. The highest BCUT2D eigenvalue weighted by atomic mass is 35.5. The van der Waals surface area contributed by atoms with Gasteiger partial charge in [-0.05, 0) is 42.5 Å². The van der Waals surface area contributed by atoms with E-state index in [0.717, 1.165) is 31.1 Å². The summed E-state index contributed by atoms with van der Waals surface area (Å²) in [5.41, 5.74) is 2.43. The molecule has 1 aliphatic heterocycles. The molecular weight excluding hydrogens is 284 g/mol. The number of nitrogens with zero attached hydrogens (tertiary/aromatic N) is 1. The fourth-order valence-electron chi connectivity index (χ4n) is 3.04. The van der Waals surface area contributed by atoms with Crippen molar-refractivity contribution in [2.75, 3.05) is 24.6 Å². The number of rotatable bonds is 6. The Bertz CT molecular complexity index is 464. The summed E-state index contributed by atoms with van der Waals surface area (Å²) in [5, 5.41) is 13.9. The van der Waals surface area contributed by atoms with E-state index in [1.54, 1.807) is 0 Å². The molecule has 0 bridgehead atoms. The number of aliphatic hydroxyl groups excluding tert-OH is 1. The second kappa shape index (κ2) is 7.48. The van der Waals surface area contributed by atoms with Gasteiger partial charge in [0.2, 0.25) is 0 Å². The summed E-state index contributed by atoms with van der Waals surface area (Å²) in [4.78, 5) is 2.32. The maximum Gasteiger partial charge on any atom is 0.0637 e. The summed E-state index contributed by atoms with van der Waals surface area (Å²) in [6, 6.07) is 6.29. The summed E-state index contributed by atoms with van der Waals surface area (Å²) in [7, 11) is 0. The summed E-state index contributed by atoms with van der Waals surface area (Å²) in [6.45, 7) is 9.66. The van der Waals surface area contributed by atoms with Crippen LogP contribution in [0.3, 0.4) is 0 Å². The molecule has 1 aliphatic rings. The molecule has 1 heterocycles. The number of aliphatic hydroxyl groups is 1. The molecule has 0 spiro atoms. The molecule has 2 unspecified atom stereocenters. The second-order valence-electron chi connectivity index (χ2n) is 6.51. The number of hydrogen-bond donors (Lipinski definition) is 2. The summed E-state index contributed by atoms with van der Waals surface area (Å²) >= 11 is 6.20. The van der Waals surface area contributed by atoms with Crippen LogP contribution >= 0.6 is 11.6 Å². The first kappa shape index (κ1) is 16.6. The highest BCUT2D eigenvalue weighted by Gasteiger charge is 2.31. The van der Waals surface area contributed by atoms with Gasteiger partial charge in [0, 0.05) is 23.8 Å². The van der Waals surface area contributed by atoms with Crippen molar-refractivity contribution in [2.24, 2.45) is 11.8 Å². The third kappa shape index (κ3) is 4.12. The molecule has 1 aromatic carbocycles. The van der Waals surface area contributed by atoms with E-state index >= 15 is 0 Å². The Kier molecular flexibility index (Phi) is 5.91. The molecule has 2 atom stereocenters. The van der Waals surface area contributed by atoms with E-state index in [0.29, 0.717) is 11.8 Å². The van der Waals surface area contributed by atoms with Gasteiger partial charge in [-0.2, -0.15) is 0 Å². The van der Waals surface area contributed by atoms with E-state index in [1.807, 2.05) is 12.1 Å². The van der Waals surface area contributed by atoms with Gasteiger partial charge in [0.25, 0.3) is 0 Å². The van der Waals surface area contributed by atoms with E-state index in [9.17, 15) is 5.11 Å². The van der Waals surface area contributed by atoms with Crippen LogP contribution in [0.2, 0.25) is 5.02 Å². The SMILES string of the molecule is CC(C)CNCc1ccc(Cl)cc1N1CCC(C)C1CO. The normalized spacial score (nSPS) is 22.3. The Hall–Kier alpha value is -0.770. The Labute approximate surface area is 133 Å². The fraction of sp³-hybridized carbons (Fsp3) is 0.647. The fourth-order valence-corrected chi connectivity index (χ4v) is 3.20. The van der Waals surface area contributed by atoms with E-state index in [-0.39, 0.29) is 12.6 Å². The van der Waals surface area contributed by atoms with Crippen molar-refractivity contribution in [1.82, 2.24) is 5.32 Å². The van der Waals surface area contributed by atoms with Crippen molar-refractivity contribution in [2.45, 2.75) is 39.8 Å². The average Bonchev–Trinajstić information content (AvgIpc) is 2.81. The Morgan fingerprint density at radius 1 is 1.43 bits per heavy atom. The van der Waals surface area contributed by atoms with Crippen LogP contribution < -0.4 is 10.2 Å². The molecule has 2 rings (SSSR count). The number of nitrogens with one attached hydrogen (secondary N) is 1. The van der Waals surface area contributed by atoms with Gasteiger partial charge in [0.15, 0.2) is 0 Å². The smallest absolute Gasteiger partial charge is 0.0637 e. The van der Waals surface area contributed by atoms with Crippen LogP contribution in [-0.2, 0) is 6.54 Å². The van der Waals surface area contributed by atoms with Crippen LogP contribution in [0.1, 0.15) is 32.8 Å². The largest absolute Gasteiger partial charge is 0.394 e. The first-order chi connectivity index (χ1) is 10.0. The zero-order valence-electron chi connectivity index (χ0n) is 13.3. The summed E-state index contributed by atoms with van der Waals surface area (Å²) in [6.07, 6.45) is 1.12. The lowest BCUT2D eigenvalue weighted by molar-refractivity contribution is 0.244. The van der Waals surface area contributed by atoms with Gasteiger partial charge in [-0.1, -0.05) is 38.4 Å². The van der Waals surface area contributed by atoms with Crippen LogP contribution in [-0.4, -0.2) is 30.8 Å². The highest BCUT2D eigenvalue weighted by molar-refractivity contribution is 6.30. The van der Waals surface area contributed by atoms with Gasteiger partial charge in [0.1, 0.15) is 0 Å². The molecule has 0 amide bonds. The topological polar surface area (TPSA) is 35.5 Å². The van der Waals surface area contributed by atoms with Crippen LogP contribution in [0.15, 0.2) is 18.2 Å². The lowest BCUT2D eigenvalue weighted by Crippen LogP contribution is -2.36. The van der Waals surface area contributed by atoms with Crippen molar-refractivity contribution < 1.29 is 5.11 Å². The zero-order chi connectivity index (χ0) is 15.4. The molecule has 0 aliphatic carbocycles. The minimum atomic E-state index is 0.201. The lowest BCUT2D eigenvalue weighted by Gasteiger charge is -2.29. The van der Waals surface area contributed by atoms with Gasteiger partial charge in [-0.3, -0.25) is 0 Å². The minimum Gasteiger partial charge on any atom is -0.394 e. The quantitative estimate of drug-likeness (QED) is 0.846. The first-order valence-corrected chi connectivity index (χ1v) is 8.27. The molecule has 1 aromatic rings. The Morgan fingerprint density at radius 3 is 2.86 bits per heavy atom. The van der Waals surface area contributed by atoms with E-state index in [4.69, 9.17) is 11.6 Å². The third-order valence-electron chi connectivity index (χ3n) is 4.29. The van der Waals surface area contributed by atoms with Crippen molar-refractivity contribution in [3.8, 4) is 0 Å². The van der Waals surface area contributed by atoms with Gasteiger partial charge < -0.3 is 15.3 Å². The predicted molar refractivity (Wildman–Crippen MR) is 90.0 cm³/mol. The third-order valence-corrected chi connectivity index (χ3v) is 4.53. The molecule has 0 saturated carbocycles. The van der Waals surface area contributed by atoms with Gasteiger partial charge >= 0.3 is 0 Å². The number of benzene rings is 1. The van der Waals surface area contributed by atoms with Crippen LogP contribution in [0, 0.1) is 11.8 Å². The zero-order valence-corrected chi connectivity index (χ0v) is 14.0. The van der Waals surface area contributed by atoms with Gasteiger partial charge in [0.05, 0.1) is 12.6 Å². The standard InChI is InChI=1S/C17H27ClN2O/c1-12(2)9-19-10-14-4-5-15(18)8-16(14)20-7-6-13(3)17(20)11-21/h4-5,8,12-13,17,19,21H,6-7,9-11H2,1-3H3. The molecule has 0 aromatic heterocycles. The lowest BCUT2D eigenvalue weighted by atomic mass is 10.0. The molecule has 4 heteroatoms. The second-order valence-corrected chi connectivity index (χ2v) is 6.94. The molecule has 2 N–H and O–H groups in total. The Balaban J connectivity index is 2.18. The Morgan fingerprint density at radius 2 is 2.19 bits per heavy atom. The minimum absolute atomic E-state index is 0.201. The molecule has 21 heavy (non-hydrogen) atoms. The molecule has 3 nitrogen and oxygen atoms in total. The van der Waals surface area contributed by atoms with Gasteiger partial charge in [-0.25, -0.2) is 0 Å². The maximum absolute atomic E-state index is 9.69. The van der Waals surface area contributed by atoms with Crippen LogP contribution in [0.4, 0.5) is 5.69 Å². The first-order valence-electron chi connectivity index (χ1n) is 7.89. The maximum atomic E-state index is 9.69. The molecule has 0 radical (unpaired) electrons. The number of halogens is 1. The van der Waals surface area contributed by atoms with Crippen LogP contribution in [0.5, 0.6) is 0 Å². The molecule has 118 valence electrons. The molecular formula is C17H27ClN2O. The van der Waals surface area contributed by atoms with Gasteiger partial charge in [-0.15, -0.1) is 0 Å².